The number of aliphatic hydroxyl groups is 2. The maximum Gasteiger partial charge on any atom is 0.312 e. The first-order chi connectivity index (χ1) is 20.9. The van der Waals surface area contributed by atoms with Crippen LogP contribution >= 0.6 is 0 Å². The van der Waals surface area contributed by atoms with E-state index in [0.29, 0.717) is 0 Å². The molecule has 15 nitrogen and oxygen atoms in total. The molecule has 45 heavy (non-hydrogen) atoms. The van der Waals surface area contributed by atoms with Crippen LogP contribution in [0.1, 0.15) is 48.5 Å². The molecule has 1 spiro atoms. The molecule has 248 valence electrons. The Labute approximate surface area is 258 Å². The Balaban J connectivity index is 2.17. The summed E-state index contributed by atoms with van der Waals surface area (Å²) in [6, 6.07) is 0. The summed E-state index contributed by atoms with van der Waals surface area (Å²) in [6.07, 6.45) is -5.38. The van der Waals surface area contributed by atoms with Crippen LogP contribution in [0.25, 0.3) is 0 Å². The predicted molar refractivity (Wildman–Crippen MR) is 146 cm³/mol. The topological polar surface area (TPSA) is 211 Å². The van der Waals surface area contributed by atoms with E-state index < -0.39 is 107 Å². The van der Waals surface area contributed by atoms with Gasteiger partial charge in [0.15, 0.2) is 30.0 Å². The minimum Gasteiger partial charge on any atom is -0.459 e. The van der Waals surface area contributed by atoms with Crippen molar-refractivity contribution in [3.05, 3.63) is 23.8 Å². The molecule has 11 unspecified atom stereocenters. The van der Waals surface area contributed by atoms with Crippen molar-refractivity contribution < 1.29 is 72.1 Å². The maximum atomic E-state index is 13.1. The van der Waals surface area contributed by atoms with Crippen molar-refractivity contribution in [2.24, 2.45) is 17.3 Å². The lowest BCUT2D eigenvalue weighted by molar-refractivity contribution is -0.279. The van der Waals surface area contributed by atoms with Gasteiger partial charge in [0.25, 0.3) is 0 Å². The number of epoxide rings is 1. The van der Waals surface area contributed by atoms with Crippen LogP contribution in [0.4, 0.5) is 0 Å². The first-order valence-electron chi connectivity index (χ1n) is 14.4. The molecule has 2 heterocycles. The molecule has 11 atom stereocenters. The molecule has 0 aromatic rings. The normalized spacial score (nSPS) is 40.1. The molecule has 0 aromatic carbocycles. The van der Waals surface area contributed by atoms with Gasteiger partial charge in [-0.15, -0.1) is 0 Å². The van der Waals surface area contributed by atoms with Crippen molar-refractivity contribution in [2.75, 3.05) is 13.2 Å². The fourth-order valence-corrected chi connectivity index (χ4v) is 7.11. The molecule has 0 bridgehead atoms. The smallest absolute Gasteiger partial charge is 0.312 e. The zero-order chi connectivity index (χ0) is 33.6. The van der Waals surface area contributed by atoms with Gasteiger partial charge in [-0.2, -0.15) is 0 Å². The zero-order valence-electron chi connectivity index (χ0n) is 26.0. The van der Waals surface area contributed by atoms with Gasteiger partial charge >= 0.3 is 35.8 Å². The summed E-state index contributed by atoms with van der Waals surface area (Å²) in [5.41, 5.74) is -5.83. The highest BCUT2D eigenvalue weighted by Crippen LogP contribution is 2.63. The number of fused-ring (bicyclic) bond motifs is 3. The van der Waals surface area contributed by atoms with E-state index >= 15 is 0 Å². The molecule has 2 aliphatic carbocycles. The van der Waals surface area contributed by atoms with E-state index in [4.69, 9.17) is 33.2 Å². The van der Waals surface area contributed by atoms with Gasteiger partial charge in [-0.3, -0.25) is 28.8 Å². The molecular weight excluding hydrogens is 600 g/mol. The largest absolute Gasteiger partial charge is 0.459 e. The Morgan fingerprint density at radius 2 is 1.38 bits per heavy atom. The molecule has 2 N–H and O–H groups in total. The third kappa shape index (κ3) is 5.84. The van der Waals surface area contributed by atoms with Crippen molar-refractivity contribution in [2.45, 2.75) is 96.3 Å². The van der Waals surface area contributed by atoms with Crippen LogP contribution in [0.15, 0.2) is 23.8 Å². The molecule has 0 amide bonds. The van der Waals surface area contributed by atoms with E-state index in [-0.39, 0.29) is 12.2 Å². The van der Waals surface area contributed by atoms with Gasteiger partial charge in [0.2, 0.25) is 0 Å². The molecule has 4 rings (SSSR count). The predicted octanol–water partition coefficient (Wildman–Crippen LogP) is -0.169. The third-order valence-electron chi connectivity index (χ3n) is 8.99. The van der Waals surface area contributed by atoms with E-state index in [9.17, 15) is 39.0 Å². The van der Waals surface area contributed by atoms with Crippen LogP contribution in [-0.4, -0.2) is 107 Å². The number of carbonyl (C=O) groups is 6. The van der Waals surface area contributed by atoms with Crippen molar-refractivity contribution in [3.8, 4) is 0 Å². The second kappa shape index (κ2) is 12.2. The number of hydrogen-bond donors (Lipinski definition) is 2. The van der Waals surface area contributed by atoms with Crippen LogP contribution in [0.2, 0.25) is 0 Å². The van der Waals surface area contributed by atoms with Crippen molar-refractivity contribution >= 4 is 35.8 Å². The second-order valence-corrected chi connectivity index (χ2v) is 12.0. The summed E-state index contributed by atoms with van der Waals surface area (Å²) in [4.78, 5) is 76.1. The number of carbonyl (C=O) groups excluding carboxylic acids is 6. The van der Waals surface area contributed by atoms with E-state index in [1.54, 1.807) is 0 Å². The van der Waals surface area contributed by atoms with Crippen LogP contribution in [0.3, 0.4) is 0 Å². The molecule has 4 aliphatic rings. The summed E-state index contributed by atoms with van der Waals surface area (Å²) < 4.78 is 40.4. The Morgan fingerprint density at radius 3 is 1.87 bits per heavy atom. The summed E-state index contributed by atoms with van der Waals surface area (Å²) in [5, 5.41) is 22.8. The first kappa shape index (κ1) is 34.1. The standard InChI is InChI=1S/C30H38O15/c1-13-27(37)45-21-10-19(11-31)8-9-20(40-14(2)32)28(7)23(26(30(13,21)38)44-18(6)36)29(12-39-29)25(43-17(5)35)22(41-15(3)33)24(28)42-16(4)34/h8-10,13,20-26,31,38H,11-12H2,1-7H3. The van der Waals surface area contributed by atoms with Crippen molar-refractivity contribution in [1.29, 1.82) is 0 Å². The van der Waals surface area contributed by atoms with Gasteiger partial charge in [-0.05, 0) is 24.6 Å². The SMILES string of the molecule is CC(=O)OC1C(OC(C)=O)C2(CO2)C2C(OC(C)=O)C3(O)C(C=C(CO)C=CC(OC(C)=O)C2(C)C1OC(C)=O)OC(=O)C3C. The van der Waals surface area contributed by atoms with E-state index in [2.05, 4.69) is 0 Å². The first-order valence-corrected chi connectivity index (χ1v) is 14.4. The Morgan fingerprint density at radius 1 is 0.867 bits per heavy atom. The molecule has 1 saturated carbocycles. The second-order valence-electron chi connectivity index (χ2n) is 12.0. The van der Waals surface area contributed by atoms with Gasteiger partial charge in [-0.25, -0.2) is 0 Å². The van der Waals surface area contributed by atoms with Crippen molar-refractivity contribution in [1.82, 2.24) is 0 Å². The van der Waals surface area contributed by atoms with E-state index in [0.717, 1.165) is 34.6 Å². The summed E-state index contributed by atoms with van der Waals surface area (Å²) >= 11 is 0. The maximum absolute atomic E-state index is 13.1. The molecule has 15 heteroatoms. The molecule has 2 saturated heterocycles. The van der Waals surface area contributed by atoms with E-state index in [1.165, 1.54) is 32.1 Å². The highest BCUT2D eigenvalue weighted by atomic mass is 16.7. The average molecular weight is 639 g/mol. The number of esters is 6. The average Bonchev–Trinajstić information content (AvgIpc) is 3.68. The number of rotatable bonds is 6. The van der Waals surface area contributed by atoms with Crippen LogP contribution in [0, 0.1) is 17.3 Å². The molecule has 0 radical (unpaired) electrons. The van der Waals surface area contributed by atoms with Crippen molar-refractivity contribution in [3.63, 3.8) is 0 Å². The highest BCUT2D eigenvalue weighted by molar-refractivity contribution is 5.78. The van der Waals surface area contributed by atoms with Crippen LogP contribution in [0.5, 0.6) is 0 Å². The minimum absolute atomic E-state index is 0.118. The monoisotopic (exact) mass is 638 g/mol. The zero-order valence-corrected chi connectivity index (χ0v) is 26.0. The summed E-state index contributed by atoms with van der Waals surface area (Å²) in [6.45, 7) is 7.42. The quantitative estimate of drug-likeness (QED) is 0.220. The van der Waals surface area contributed by atoms with Gasteiger partial charge in [-0.1, -0.05) is 13.0 Å². The van der Waals surface area contributed by atoms with Gasteiger partial charge in [0, 0.05) is 40.5 Å². The lowest BCUT2D eigenvalue weighted by Crippen LogP contribution is -2.76. The molecule has 2 aliphatic heterocycles. The molecule has 0 aromatic heterocycles. The number of ether oxygens (including phenoxy) is 7. The van der Waals surface area contributed by atoms with E-state index in [1.807, 2.05) is 0 Å². The lowest BCUT2D eigenvalue weighted by atomic mass is 9.51. The highest BCUT2D eigenvalue weighted by Gasteiger charge is 2.81. The summed E-state index contributed by atoms with van der Waals surface area (Å²) in [5.74, 6) is -7.91. The van der Waals surface area contributed by atoms with Gasteiger partial charge < -0.3 is 43.4 Å². The van der Waals surface area contributed by atoms with Crippen LogP contribution < -0.4 is 0 Å². The van der Waals surface area contributed by atoms with Gasteiger partial charge in [0.1, 0.15) is 17.8 Å². The third-order valence-corrected chi connectivity index (χ3v) is 8.99. The molecule has 3 fully saturated rings. The fourth-order valence-electron chi connectivity index (χ4n) is 7.11. The summed E-state index contributed by atoms with van der Waals surface area (Å²) in [7, 11) is 0. The Kier molecular flexibility index (Phi) is 9.21. The Bertz CT molecular complexity index is 1330. The Hall–Kier alpha value is -3.82. The number of aliphatic hydroxyl groups excluding tert-OH is 1. The number of hydrogen-bond acceptors (Lipinski definition) is 15. The minimum atomic E-state index is -2.38. The molecular formula is C30H38O15. The lowest BCUT2D eigenvalue weighted by Gasteiger charge is -2.59. The van der Waals surface area contributed by atoms with Crippen LogP contribution in [-0.2, 0) is 61.9 Å². The fraction of sp³-hybridized carbons (Fsp3) is 0.667. The van der Waals surface area contributed by atoms with Gasteiger partial charge in [0.05, 0.1) is 24.5 Å².